The number of hydrogen-bond acceptors (Lipinski definition) is 7. The van der Waals surface area contributed by atoms with Crippen molar-refractivity contribution in [1.29, 1.82) is 0 Å². The van der Waals surface area contributed by atoms with E-state index >= 15 is 0 Å². The summed E-state index contributed by atoms with van der Waals surface area (Å²) in [5, 5.41) is 10.8. The summed E-state index contributed by atoms with van der Waals surface area (Å²) in [6.45, 7) is 4.55. The smallest absolute Gasteiger partial charge is 0.149 e. The van der Waals surface area contributed by atoms with Crippen molar-refractivity contribution in [3.8, 4) is 0 Å². The van der Waals surface area contributed by atoms with E-state index in [2.05, 4.69) is 9.97 Å². The highest BCUT2D eigenvalue weighted by atomic mass is 35.5. The average molecular weight is 419 g/mol. The molecular weight excluding hydrogens is 396 g/mol. The fraction of sp³-hybridized carbons (Fsp3) is 0.500. The summed E-state index contributed by atoms with van der Waals surface area (Å²) in [5.41, 5.74) is 7.63. The number of fused-ring (bicyclic) bond motifs is 2. The van der Waals surface area contributed by atoms with E-state index in [1.807, 2.05) is 42.8 Å². The minimum absolute atomic E-state index is 0.106. The van der Waals surface area contributed by atoms with Crippen molar-refractivity contribution < 1.29 is 19.3 Å². The number of nitrogens with two attached hydrogens (primary N) is 1. The Hall–Kier alpha value is -1.97. The van der Waals surface area contributed by atoms with Gasteiger partial charge < -0.3 is 29.6 Å². The van der Waals surface area contributed by atoms with Gasteiger partial charge in [-0.2, -0.15) is 0 Å². The van der Waals surface area contributed by atoms with E-state index in [0.29, 0.717) is 18.1 Å². The van der Waals surface area contributed by atoms with Gasteiger partial charge >= 0.3 is 0 Å². The molecule has 2 fully saturated rings. The van der Waals surface area contributed by atoms with Crippen LogP contribution in [0.5, 0.6) is 0 Å². The van der Waals surface area contributed by atoms with Gasteiger partial charge in [-0.25, -0.2) is 9.97 Å². The zero-order chi connectivity index (χ0) is 20.4. The molecule has 0 amide bonds. The molecule has 29 heavy (non-hydrogen) atoms. The largest absolute Gasteiger partial charge is 0.392 e. The quantitative estimate of drug-likeness (QED) is 0.734. The van der Waals surface area contributed by atoms with Crippen LogP contribution in [-0.4, -0.2) is 62.8 Å². The highest BCUT2D eigenvalue weighted by Crippen LogP contribution is 2.57. The zero-order valence-corrected chi connectivity index (χ0v) is 17.0. The normalized spacial score (nSPS) is 33.6. The van der Waals surface area contributed by atoms with Crippen LogP contribution in [0, 0.1) is 5.41 Å². The number of nitrogens with zero attached hydrogens (tertiary/aromatic N) is 3. The number of anilines is 1. The molecule has 2 aromatic heterocycles. The molecule has 3 N–H and O–H groups in total. The second kappa shape index (κ2) is 6.52. The third-order valence-corrected chi connectivity index (χ3v) is 7.39. The summed E-state index contributed by atoms with van der Waals surface area (Å²) in [5.74, 6) is 0.404. The topological polar surface area (TPSA) is 105 Å². The van der Waals surface area contributed by atoms with E-state index in [4.69, 9.17) is 31.5 Å². The predicted molar refractivity (Wildman–Crippen MR) is 108 cm³/mol. The molecule has 5 rings (SSSR count). The van der Waals surface area contributed by atoms with Crippen LogP contribution in [0.15, 0.2) is 36.3 Å². The molecule has 4 heterocycles. The van der Waals surface area contributed by atoms with Crippen LogP contribution in [0.3, 0.4) is 0 Å². The number of aliphatic hydroxyl groups excluding tert-OH is 1. The van der Waals surface area contributed by atoms with Crippen LogP contribution < -0.4 is 5.73 Å². The predicted octanol–water partition coefficient (Wildman–Crippen LogP) is 1.93. The molecule has 8 nitrogen and oxygen atoms in total. The maximum atomic E-state index is 10.0. The molecule has 1 aliphatic carbocycles. The van der Waals surface area contributed by atoms with Gasteiger partial charge in [-0.05, 0) is 17.7 Å². The third-order valence-electron chi connectivity index (χ3n) is 6.51. The number of halogens is 1. The first kappa shape index (κ1) is 19.0. The molecule has 4 atom stereocenters. The fourth-order valence-corrected chi connectivity index (χ4v) is 5.17. The van der Waals surface area contributed by atoms with Gasteiger partial charge in [-0.15, -0.1) is 11.6 Å². The maximum absolute atomic E-state index is 10.0. The molecule has 2 saturated heterocycles. The number of aliphatic hydroxyl groups is 1. The molecule has 0 saturated carbocycles. The Balaban J connectivity index is 1.72. The van der Waals surface area contributed by atoms with Crippen molar-refractivity contribution >= 4 is 34.1 Å². The minimum atomic E-state index is -1.06. The van der Waals surface area contributed by atoms with Gasteiger partial charge in [0.05, 0.1) is 18.6 Å². The van der Waals surface area contributed by atoms with Crippen LogP contribution in [0.1, 0.15) is 13.8 Å². The van der Waals surface area contributed by atoms with Gasteiger partial charge in [0, 0.05) is 17.3 Å². The molecule has 0 bridgehead atoms. The van der Waals surface area contributed by atoms with Crippen LogP contribution >= 0.6 is 11.6 Å². The molecule has 0 spiro atoms. The molecule has 1 unspecified atom stereocenters. The van der Waals surface area contributed by atoms with Crippen LogP contribution in [-0.2, 0) is 14.2 Å². The maximum Gasteiger partial charge on any atom is 0.149 e. The lowest BCUT2D eigenvalue weighted by Crippen LogP contribution is -2.57. The van der Waals surface area contributed by atoms with Crippen molar-refractivity contribution in [2.24, 2.45) is 5.41 Å². The minimum Gasteiger partial charge on any atom is -0.392 e. The number of aromatic nitrogens is 3. The Kier molecular flexibility index (Phi) is 4.27. The summed E-state index contributed by atoms with van der Waals surface area (Å²) < 4.78 is 19.6. The Morgan fingerprint density at radius 3 is 2.90 bits per heavy atom. The SMILES string of the molecule is CC1(C)C(CO)=CC=C(n2ccc3c(N)ncnc32)C1(Cl)[C@@H]1OC[C@H]2OCO[C@@H]12. The molecule has 2 aliphatic heterocycles. The highest BCUT2D eigenvalue weighted by Gasteiger charge is 2.62. The summed E-state index contributed by atoms with van der Waals surface area (Å²) in [4.78, 5) is 7.44. The lowest BCUT2D eigenvalue weighted by atomic mass is 9.65. The van der Waals surface area contributed by atoms with Crippen molar-refractivity contribution in [2.75, 3.05) is 25.7 Å². The Morgan fingerprint density at radius 1 is 1.28 bits per heavy atom. The van der Waals surface area contributed by atoms with E-state index in [-0.39, 0.29) is 25.6 Å². The van der Waals surface area contributed by atoms with Crippen molar-refractivity contribution in [3.63, 3.8) is 0 Å². The van der Waals surface area contributed by atoms with Crippen LogP contribution in [0.2, 0.25) is 0 Å². The number of allylic oxidation sites excluding steroid dienone is 2. The molecule has 3 aliphatic rings. The highest BCUT2D eigenvalue weighted by molar-refractivity contribution is 6.31. The van der Waals surface area contributed by atoms with E-state index in [1.165, 1.54) is 6.33 Å². The molecule has 0 radical (unpaired) electrons. The first-order valence-electron chi connectivity index (χ1n) is 9.54. The first-order valence-corrected chi connectivity index (χ1v) is 9.91. The van der Waals surface area contributed by atoms with Crippen molar-refractivity contribution in [3.05, 3.63) is 36.3 Å². The van der Waals surface area contributed by atoms with Crippen LogP contribution in [0.4, 0.5) is 5.82 Å². The summed E-state index contributed by atoms with van der Waals surface area (Å²) >= 11 is 7.53. The lowest BCUT2D eigenvalue weighted by Gasteiger charge is -2.50. The molecular formula is C20H23ClN4O4. The molecule has 2 aromatic rings. The Morgan fingerprint density at radius 2 is 2.10 bits per heavy atom. The summed E-state index contributed by atoms with van der Waals surface area (Å²) in [7, 11) is 0. The average Bonchev–Trinajstić information content (AvgIpc) is 3.39. The number of nitrogen functional groups attached to an aromatic ring is 1. The standard InChI is InChI=1S/C20H23ClN4O4/c1-19(2)11(7-26)3-4-14(25-6-5-12-17(22)23-9-24-18(12)25)20(19,21)16-15-13(8-27-16)28-10-29-15/h3-6,9,13,15-16,26H,7-8,10H2,1-2H3,(H2,22,23,24)/t13-,15-,16-,20?/m1/s1. The summed E-state index contributed by atoms with van der Waals surface area (Å²) in [6.07, 6.45) is 6.20. The van der Waals surface area contributed by atoms with Gasteiger partial charge in [0.1, 0.15) is 47.8 Å². The second-order valence-electron chi connectivity index (χ2n) is 8.13. The van der Waals surface area contributed by atoms with Crippen molar-refractivity contribution in [2.45, 2.75) is 37.0 Å². The number of alkyl halides is 1. The molecule has 0 aromatic carbocycles. The molecule has 9 heteroatoms. The zero-order valence-electron chi connectivity index (χ0n) is 16.2. The first-order chi connectivity index (χ1) is 13.9. The van der Waals surface area contributed by atoms with Gasteiger partial charge in [0.2, 0.25) is 0 Å². The van der Waals surface area contributed by atoms with Gasteiger partial charge in [0.25, 0.3) is 0 Å². The van der Waals surface area contributed by atoms with Crippen LogP contribution in [0.25, 0.3) is 16.7 Å². The number of rotatable bonds is 3. The number of hydrogen-bond donors (Lipinski definition) is 2. The number of ether oxygens (including phenoxy) is 3. The van der Waals surface area contributed by atoms with Crippen molar-refractivity contribution in [1.82, 2.24) is 14.5 Å². The van der Waals surface area contributed by atoms with E-state index < -0.39 is 16.4 Å². The van der Waals surface area contributed by atoms with E-state index in [0.717, 1.165) is 16.7 Å². The fourth-order valence-electron chi connectivity index (χ4n) is 4.70. The van der Waals surface area contributed by atoms with E-state index in [1.54, 1.807) is 0 Å². The van der Waals surface area contributed by atoms with Gasteiger partial charge in [0.15, 0.2) is 0 Å². The lowest BCUT2D eigenvalue weighted by molar-refractivity contribution is -0.0595. The van der Waals surface area contributed by atoms with Gasteiger partial charge in [-0.1, -0.05) is 19.9 Å². The van der Waals surface area contributed by atoms with Gasteiger partial charge in [-0.3, -0.25) is 0 Å². The molecule has 154 valence electrons. The monoisotopic (exact) mass is 418 g/mol. The Labute approximate surface area is 172 Å². The third kappa shape index (κ3) is 2.47. The summed E-state index contributed by atoms with van der Waals surface area (Å²) in [6, 6.07) is 1.87. The van der Waals surface area contributed by atoms with E-state index in [9.17, 15) is 5.11 Å². The second-order valence-corrected chi connectivity index (χ2v) is 8.72. The Bertz CT molecular complexity index is 1030.